The molecule has 0 N–H and O–H groups in total. The van der Waals surface area contributed by atoms with Crippen LogP contribution in [0, 0.1) is 18.8 Å². The predicted molar refractivity (Wildman–Crippen MR) is 68.6 cm³/mol. The second-order valence-corrected chi connectivity index (χ2v) is 3.99. The van der Waals surface area contributed by atoms with E-state index in [9.17, 15) is 0 Å². The van der Waals surface area contributed by atoms with E-state index in [1.807, 2.05) is 55.5 Å². The van der Waals surface area contributed by atoms with Crippen molar-refractivity contribution in [3.8, 4) is 11.8 Å². The summed E-state index contributed by atoms with van der Waals surface area (Å²) in [6, 6.07) is 15.8. The van der Waals surface area contributed by atoms with Crippen molar-refractivity contribution >= 4 is 11.6 Å². The van der Waals surface area contributed by atoms with Gasteiger partial charge in [0.25, 0.3) is 0 Å². The molecule has 0 bridgehead atoms. The molecule has 0 aliphatic rings. The van der Waals surface area contributed by atoms with Crippen LogP contribution in [0.15, 0.2) is 48.5 Å². The number of rotatable bonds is 0. The van der Waals surface area contributed by atoms with Crippen LogP contribution in [-0.4, -0.2) is 0 Å². The highest BCUT2D eigenvalue weighted by molar-refractivity contribution is 6.31. The highest BCUT2D eigenvalue weighted by Gasteiger charge is 1.94. The Balaban J connectivity index is 2.28. The Morgan fingerprint density at radius 3 is 2.25 bits per heavy atom. The van der Waals surface area contributed by atoms with Gasteiger partial charge in [0, 0.05) is 16.1 Å². The van der Waals surface area contributed by atoms with Gasteiger partial charge < -0.3 is 0 Å². The smallest absolute Gasteiger partial charge is 0.0436 e. The summed E-state index contributed by atoms with van der Waals surface area (Å²) in [5.74, 6) is 6.23. The standard InChI is InChI=1S/C15H11Cl/c1-12-11-14(9-10-15(12)16)8-7-13-5-3-2-4-6-13/h2-6,9-11H,1H3. The van der Waals surface area contributed by atoms with Crippen LogP contribution < -0.4 is 0 Å². The maximum Gasteiger partial charge on any atom is 0.0436 e. The van der Waals surface area contributed by atoms with Crippen molar-refractivity contribution in [2.24, 2.45) is 0 Å². The second kappa shape index (κ2) is 4.88. The highest BCUT2D eigenvalue weighted by Crippen LogP contribution is 2.15. The zero-order valence-electron chi connectivity index (χ0n) is 9.00. The van der Waals surface area contributed by atoms with Crippen LogP contribution in [0.2, 0.25) is 5.02 Å². The average Bonchev–Trinajstić information content (AvgIpc) is 2.32. The van der Waals surface area contributed by atoms with Crippen LogP contribution in [-0.2, 0) is 0 Å². The molecule has 0 nitrogen and oxygen atoms in total. The van der Waals surface area contributed by atoms with E-state index in [-0.39, 0.29) is 0 Å². The van der Waals surface area contributed by atoms with Crippen LogP contribution in [0.3, 0.4) is 0 Å². The van der Waals surface area contributed by atoms with Gasteiger partial charge in [-0.25, -0.2) is 0 Å². The first kappa shape index (κ1) is 10.8. The molecule has 0 radical (unpaired) electrons. The van der Waals surface area contributed by atoms with E-state index < -0.39 is 0 Å². The molecular formula is C15H11Cl. The summed E-state index contributed by atoms with van der Waals surface area (Å²) in [5, 5.41) is 0.783. The molecule has 0 aliphatic carbocycles. The van der Waals surface area contributed by atoms with Crippen molar-refractivity contribution in [1.29, 1.82) is 0 Å². The molecule has 0 saturated carbocycles. The van der Waals surface area contributed by atoms with Crippen molar-refractivity contribution in [1.82, 2.24) is 0 Å². The molecule has 0 atom stereocenters. The van der Waals surface area contributed by atoms with Gasteiger partial charge in [-0.3, -0.25) is 0 Å². The first-order chi connectivity index (χ1) is 7.75. The maximum absolute atomic E-state index is 5.95. The van der Waals surface area contributed by atoms with E-state index in [0.29, 0.717) is 0 Å². The molecule has 0 unspecified atom stereocenters. The third kappa shape index (κ3) is 2.66. The summed E-state index contributed by atoms with van der Waals surface area (Å²) >= 11 is 5.95. The van der Waals surface area contributed by atoms with E-state index in [2.05, 4.69) is 11.8 Å². The normalized spacial score (nSPS) is 9.38. The van der Waals surface area contributed by atoms with Crippen molar-refractivity contribution < 1.29 is 0 Å². The van der Waals surface area contributed by atoms with Crippen LogP contribution in [0.25, 0.3) is 0 Å². The molecule has 0 heterocycles. The Hall–Kier alpha value is -1.71. The number of halogens is 1. The van der Waals surface area contributed by atoms with E-state index >= 15 is 0 Å². The third-order valence-electron chi connectivity index (χ3n) is 2.28. The fraction of sp³-hybridized carbons (Fsp3) is 0.0667. The zero-order chi connectivity index (χ0) is 11.4. The Labute approximate surface area is 101 Å². The Morgan fingerprint density at radius 2 is 1.56 bits per heavy atom. The molecule has 0 spiro atoms. The predicted octanol–water partition coefficient (Wildman–Crippen LogP) is 4.05. The summed E-state index contributed by atoms with van der Waals surface area (Å²) in [5.41, 5.74) is 3.07. The maximum atomic E-state index is 5.95. The van der Waals surface area contributed by atoms with Crippen LogP contribution in [0.5, 0.6) is 0 Å². The van der Waals surface area contributed by atoms with Crippen molar-refractivity contribution in [3.05, 3.63) is 70.2 Å². The van der Waals surface area contributed by atoms with E-state index in [1.165, 1.54) is 0 Å². The summed E-state index contributed by atoms with van der Waals surface area (Å²) in [6.45, 7) is 1.98. The first-order valence-electron chi connectivity index (χ1n) is 5.09. The van der Waals surface area contributed by atoms with Crippen LogP contribution in [0.4, 0.5) is 0 Å². The summed E-state index contributed by atoms with van der Waals surface area (Å²) in [6.07, 6.45) is 0. The van der Waals surface area contributed by atoms with Gasteiger partial charge in [-0.2, -0.15) is 0 Å². The first-order valence-corrected chi connectivity index (χ1v) is 5.47. The SMILES string of the molecule is Cc1cc(C#Cc2ccccc2)ccc1Cl. The molecule has 0 aromatic heterocycles. The number of hydrogen-bond acceptors (Lipinski definition) is 0. The molecule has 2 aromatic carbocycles. The van der Waals surface area contributed by atoms with E-state index in [4.69, 9.17) is 11.6 Å². The fourth-order valence-electron chi connectivity index (χ4n) is 1.39. The fourth-order valence-corrected chi connectivity index (χ4v) is 1.51. The number of aryl methyl sites for hydroxylation is 1. The van der Waals surface area contributed by atoms with E-state index in [0.717, 1.165) is 21.7 Å². The molecule has 0 fully saturated rings. The summed E-state index contributed by atoms with van der Waals surface area (Å²) < 4.78 is 0. The molecule has 0 saturated heterocycles. The summed E-state index contributed by atoms with van der Waals surface area (Å²) in [4.78, 5) is 0. The number of hydrogen-bond donors (Lipinski definition) is 0. The van der Waals surface area contributed by atoms with Crippen LogP contribution >= 0.6 is 11.6 Å². The molecule has 1 heteroatoms. The Morgan fingerprint density at radius 1 is 0.875 bits per heavy atom. The van der Waals surface area contributed by atoms with Gasteiger partial charge in [-0.05, 0) is 42.8 Å². The van der Waals surface area contributed by atoms with Crippen molar-refractivity contribution in [2.75, 3.05) is 0 Å². The molecule has 16 heavy (non-hydrogen) atoms. The lowest BCUT2D eigenvalue weighted by atomic mass is 10.1. The molecule has 78 valence electrons. The van der Waals surface area contributed by atoms with Gasteiger partial charge in [0.1, 0.15) is 0 Å². The minimum absolute atomic E-state index is 0.783. The molecule has 0 amide bonds. The van der Waals surface area contributed by atoms with Crippen molar-refractivity contribution in [2.45, 2.75) is 6.92 Å². The Kier molecular flexibility index (Phi) is 3.29. The van der Waals surface area contributed by atoms with Gasteiger partial charge in [-0.15, -0.1) is 0 Å². The minimum atomic E-state index is 0.783. The quantitative estimate of drug-likeness (QED) is 0.595. The lowest BCUT2D eigenvalue weighted by Crippen LogP contribution is -1.79. The monoisotopic (exact) mass is 226 g/mol. The molecule has 0 aliphatic heterocycles. The second-order valence-electron chi connectivity index (χ2n) is 3.58. The topological polar surface area (TPSA) is 0 Å². The zero-order valence-corrected chi connectivity index (χ0v) is 9.75. The van der Waals surface area contributed by atoms with Gasteiger partial charge in [-0.1, -0.05) is 41.6 Å². The summed E-state index contributed by atoms with van der Waals surface area (Å²) in [7, 11) is 0. The molecule has 2 aromatic rings. The lowest BCUT2D eigenvalue weighted by molar-refractivity contribution is 1.45. The van der Waals surface area contributed by atoms with Gasteiger partial charge in [0.2, 0.25) is 0 Å². The lowest BCUT2D eigenvalue weighted by Gasteiger charge is -1.96. The highest BCUT2D eigenvalue weighted by atomic mass is 35.5. The third-order valence-corrected chi connectivity index (χ3v) is 2.71. The van der Waals surface area contributed by atoms with Gasteiger partial charge >= 0.3 is 0 Å². The molecule has 2 rings (SSSR count). The van der Waals surface area contributed by atoms with E-state index in [1.54, 1.807) is 0 Å². The van der Waals surface area contributed by atoms with Gasteiger partial charge in [0.05, 0.1) is 0 Å². The average molecular weight is 227 g/mol. The largest absolute Gasteiger partial charge is 0.0841 e. The van der Waals surface area contributed by atoms with Gasteiger partial charge in [0.15, 0.2) is 0 Å². The number of benzene rings is 2. The van der Waals surface area contributed by atoms with Crippen LogP contribution in [0.1, 0.15) is 16.7 Å². The minimum Gasteiger partial charge on any atom is -0.0841 e. The molecular weight excluding hydrogens is 216 g/mol. The van der Waals surface area contributed by atoms with Crippen molar-refractivity contribution in [3.63, 3.8) is 0 Å². The Bertz CT molecular complexity index is 545.